The Hall–Kier alpha value is -2.60. The van der Waals surface area contributed by atoms with Crippen LogP contribution < -0.4 is 4.72 Å². The van der Waals surface area contributed by atoms with Crippen LogP contribution in [0.15, 0.2) is 47.4 Å². The van der Waals surface area contributed by atoms with Crippen molar-refractivity contribution in [1.29, 1.82) is 0 Å². The molecule has 0 unspecified atom stereocenters. The molecule has 2 aromatic carbocycles. The van der Waals surface area contributed by atoms with Crippen molar-refractivity contribution in [2.75, 3.05) is 7.11 Å². The van der Waals surface area contributed by atoms with Crippen molar-refractivity contribution >= 4 is 16.0 Å². The Morgan fingerprint density at radius 2 is 1.48 bits per heavy atom. The Bertz CT molecular complexity index is 983. The normalized spacial score (nSPS) is 12.7. The van der Waals surface area contributed by atoms with Crippen molar-refractivity contribution in [3.05, 3.63) is 64.7 Å². The average molecular weight is 441 g/mol. The van der Waals surface area contributed by atoms with Gasteiger partial charge in [0.2, 0.25) is 10.0 Å². The lowest BCUT2D eigenvalue weighted by molar-refractivity contribution is -0.143. The molecule has 12 heteroatoms. The predicted octanol–water partition coefficient (Wildman–Crippen LogP) is 3.99. The van der Waals surface area contributed by atoms with Gasteiger partial charge in [0.25, 0.3) is 0 Å². The van der Waals surface area contributed by atoms with Gasteiger partial charge in [0.15, 0.2) is 0 Å². The summed E-state index contributed by atoms with van der Waals surface area (Å²) in [6.07, 6.45) is -10.1. The molecule has 0 aromatic heterocycles. The maximum absolute atomic E-state index is 12.9. The van der Waals surface area contributed by atoms with Crippen LogP contribution in [0.3, 0.4) is 0 Å². The molecule has 29 heavy (non-hydrogen) atoms. The summed E-state index contributed by atoms with van der Waals surface area (Å²) >= 11 is 0. The number of sulfonamides is 1. The van der Waals surface area contributed by atoms with Crippen LogP contribution >= 0.6 is 0 Å². The summed E-state index contributed by atoms with van der Waals surface area (Å²) in [5, 5.41) is 0. The third-order valence-electron chi connectivity index (χ3n) is 3.70. The van der Waals surface area contributed by atoms with E-state index in [9.17, 15) is 39.6 Å². The number of methoxy groups -OCH3 is 1. The number of ether oxygens (including phenoxy) is 1. The minimum absolute atomic E-state index is 0.0649. The van der Waals surface area contributed by atoms with Crippen LogP contribution in [0.2, 0.25) is 0 Å². The van der Waals surface area contributed by atoms with E-state index in [0.717, 1.165) is 19.2 Å². The highest BCUT2D eigenvalue weighted by Crippen LogP contribution is 2.36. The highest BCUT2D eigenvalue weighted by atomic mass is 32.2. The van der Waals surface area contributed by atoms with E-state index in [1.165, 1.54) is 12.1 Å². The number of carbonyl (C=O) groups is 1. The quantitative estimate of drug-likeness (QED) is 0.563. The number of carbonyl (C=O) groups excluding carboxylic acids is 1. The molecule has 0 radical (unpaired) electrons. The van der Waals surface area contributed by atoms with Gasteiger partial charge in [-0.3, -0.25) is 0 Å². The van der Waals surface area contributed by atoms with Crippen molar-refractivity contribution in [2.24, 2.45) is 0 Å². The summed E-state index contributed by atoms with van der Waals surface area (Å²) in [6, 6.07) is 5.58. The van der Waals surface area contributed by atoms with Gasteiger partial charge in [0, 0.05) is 6.54 Å². The van der Waals surface area contributed by atoms with Crippen LogP contribution in [0.5, 0.6) is 0 Å². The number of hydrogen-bond acceptors (Lipinski definition) is 4. The molecule has 2 aromatic rings. The van der Waals surface area contributed by atoms with Gasteiger partial charge < -0.3 is 4.74 Å². The van der Waals surface area contributed by atoms with E-state index < -0.39 is 56.5 Å². The number of nitrogens with one attached hydrogen (secondary N) is 1. The maximum Gasteiger partial charge on any atom is 0.416 e. The van der Waals surface area contributed by atoms with E-state index in [2.05, 4.69) is 4.74 Å². The number of benzene rings is 2. The number of esters is 1. The average Bonchev–Trinajstić information content (AvgIpc) is 2.64. The summed E-state index contributed by atoms with van der Waals surface area (Å²) in [4.78, 5) is 11.2. The maximum atomic E-state index is 12.9. The van der Waals surface area contributed by atoms with Crippen LogP contribution in [0.4, 0.5) is 26.3 Å². The van der Waals surface area contributed by atoms with E-state index in [4.69, 9.17) is 0 Å². The lowest BCUT2D eigenvalue weighted by atomic mass is 10.0. The first-order valence-electron chi connectivity index (χ1n) is 7.71. The number of rotatable bonds is 5. The molecule has 0 heterocycles. The van der Waals surface area contributed by atoms with Crippen LogP contribution in [0.1, 0.15) is 27.0 Å². The highest BCUT2D eigenvalue weighted by molar-refractivity contribution is 7.89. The third-order valence-corrected chi connectivity index (χ3v) is 5.16. The van der Waals surface area contributed by atoms with Gasteiger partial charge >= 0.3 is 18.3 Å². The van der Waals surface area contributed by atoms with Crippen molar-refractivity contribution in [3.63, 3.8) is 0 Å². The Morgan fingerprint density at radius 3 is 1.97 bits per heavy atom. The fraction of sp³-hybridized carbons (Fsp3) is 0.235. The first kappa shape index (κ1) is 22.7. The van der Waals surface area contributed by atoms with Gasteiger partial charge in [-0.1, -0.05) is 12.1 Å². The SMILES string of the molecule is COC(=O)c1ccccc1S(=O)(=O)NCc1cc(C(F)(F)F)cc(C(F)(F)F)c1. The van der Waals surface area contributed by atoms with Crippen LogP contribution in [-0.4, -0.2) is 21.5 Å². The zero-order chi connectivity index (χ0) is 22.0. The minimum Gasteiger partial charge on any atom is -0.465 e. The van der Waals surface area contributed by atoms with Gasteiger partial charge in [-0.25, -0.2) is 17.9 Å². The van der Waals surface area contributed by atoms with Gasteiger partial charge in [-0.2, -0.15) is 26.3 Å². The monoisotopic (exact) mass is 441 g/mol. The smallest absolute Gasteiger partial charge is 0.416 e. The molecule has 0 saturated heterocycles. The fourth-order valence-electron chi connectivity index (χ4n) is 2.36. The van der Waals surface area contributed by atoms with Gasteiger partial charge in [-0.05, 0) is 35.9 Å². The first-order chi connectivity index (χ1) is 13.3. The van der Waals surface area contributed by atoms with Crippen LogP contribution in [0, 0.1) is 0 Å². The lowest BCUT2D eigenvalue weighted by Gasteiger charge is -2.15. The summed E-state index contributed by atoms with van der Waals surface area (Å²) in [5.74, 6) is -0.982. The Kier molecular flexibility index (Phi) is 6.28. The molecule has 0 aliphatic heterocycles. The molecule has 0 spiro atoms. The molecule has 0 aliphatic carbocycles. The van der Waals surface area contributed by atoms with Crippen molar-refractivity contribution in [2.45, 2.75) is 23.8 Å². The Morgan fingerprint density at radius 1 is 0.966 bits per heavy atom. The molecule has 0 fully saturated rings. The molecule has 2 rings (SSSR count). The lowest BCUT2D eigenvalue weighted by Crippen LogP contribution is -2.26. The van der Waals surface area contributed by atoms with Crippen molar-refractivity contribution in [3.8, 4) is 0 Å². The molecular weight excluding hydrogens is 428 g/mol. The molecular formula is C17H13F6NO4S. The fourth-order valence-corrected chi connectivity index (χ4v) is 3.57. The van der Waals surface area contributed by atoms with E-state index in [1.54, 1.807) is 0 Å². The summed E-state index contributed by atoms with van der Waals surface area (Å²) in [6.45, 7) is -0.870. The second-order valence-corrected chi connectivity index (χ2v) is 7.46. The van der Waals surface area contributed by atoms with Crippen LogP contribution in [0.25, 0.3) is 0 Å². The van der Waals surface area contributed by atoms with Crippen LogP contribution in [-0.2, 0) is 33.7 Å². The molecule has 158 valence electrons. The van der Waals surface area contributed by atoms with Gasteiger partial charge in [-0.15, -0.1) is 0 Å². The number of halogens is 6. The summed E-state index contributed by atoms with van der Waals surface area (Å²) < 4.78 is 109. The second-order valence-electron chi connectivity index (χ2n) is 5.73. The second kappa shape index (κ2) is 8.03. The number of hydrogen-bond donors (Lipinski definition) is 1. The first-order valence-corrected chi connectivity index (χ1v) is 9.19. The standard InChI is InChI=1S/C17H13F6NO4S/c1-28-15(25)13-4-2-3-5-14(13)29(26,27)24-9-10-6-11(16(18,19)20)8-12(7-10)17(21,22)23/h2-8,24H,9H2,1H3. The predicted molar refractivity (Wildman–Crippen MR) is 88.3 cm³/mol. The van der Waals surface area contributed by atoms with Crippen molar-refractivity contribution < 1.29 is 44.3 Å². The highest BCUT2D eigenvalue weighted by Gasteiger charge is 2.37. The topological polar surface area (TPSA) is 72.5 Å². The molecule has 0 atom stereocenters. The molecule has 0 bridgehead atoms. The zero-order valence-electron chi connectivity index (χ0n) is 14.6. The van der Waals surface area contributed by atoms with E-state index >= 15 is 0 Å². The van der Waals surface area contributed by atoms with E-state index in [0.29, 0.717) is 12.1 Å². The molecule has 1 N–H and O–H groups in total. The Labute approximate surface area is 161 Å². The van der Waals surface area contributed by atoms with Crippen molar-refractivity contribution in [1.82, 2.24) is 4.72 Å². The van der Waals surface area contributed by atoms with E-state index in [-0.39, 0.29) is 11.6 Å². The molecule has 0 aliphatic rings. The number of alkyl halides is 6. The van der Waals surface area contributed by atoms with E-state index in [1.807, 2.05) is 4.72 Å². The summed E-state index contributed by atoms with van der Waals surface area (Å²) in [5.41, 5.74) is -4.05. The van der Waals surface area contributed by atoms with Gasteiger partial charge in [0.05, 0.1) is 28.7 Å². The minimum atomic E-state index is -5.06. The molecule has 0 saturated carbocycles. The Balaban J connectivity index is 2.40. The molecule has 0 amide bonds. The van der Waals surface area contributed by atoms with Gasteiger partial charge in [0.1, 0.15) is 0 Å². The largest absolute Gasteiger partial charge is 0.465 e. The third kappa shape index (κ3) is 5.48. The molecule has 5 nitrogen and oxygen atoms in total. The summed E-state index contributed by atoms with van der Waals surface area (Å²) in [7, 11) is -3.44. The zero-order valence-corrected chi connectivity index (χ0v) is 15.4.